The third-order valence-electron chi connectivity index (χ3n) is 3.51. The second-order valence-corrected chi connectivity index (χ2v) is 4.88. The minimum Gasteiger partial charge on any atom is -0.496 e. The first-order valence-electron chi connectivity index (χ1n) is 6.46. The highest BCUT2D eigenvalue weighted by molar-refractivity contribution is 5.99. The van der Waals surface area contributed by atoms with Gasteiger partial charge in [-0.3, -0.25) is 9.59 Å². The topological polar surface area (TPSA) is 75.9 Å². The maximum absolute atomic E-state index is 12.6. The number of amides is 2. The smallest absolute Gasteiger partial charge is 0.258 e. The molecule has 0 radical (unpaired) electrons. The molecule has 20 heavy (non-hydrogen) atoms. The number of ether oxygens (including phenoxy) is 1. The molecule has 1 atom stereocenters. The van der Waals surface area contributed by atoms with E-state index in [0.717, 1.165) is 0 Å². The van der Waals surface area contributed by atoms with Crippen molar-refractivity contribution >= 4 is 11.8 Å². The van der Waals surface area contributed by atoms with E-state index < -0.39 is 11.9 Å². The van der Waals surface area contributed by atoms with Gasteiger partial charge >= 0.3 is 0 Å². The first-order chi connectivity index (χ1) is 9.54. The molecule has 6 nitrogen and oxygen atoms in total. The van der Waals surface area contributed by atoms with Crippen molar-refractivity contribution in [2.24, 2.45) is 5.73 Å². The number of benzene rings is 1. The third kappa shape index (κ3) is 2.75. The maximum atomic E-state index is 12.6. The predicted molar refractivity (Wildman–Crippen MR) is 74.5 cm³/mol. The zero-order valence-electron chi connectivity index (χ0n) is 11.7. The van der Waals surface area contributed by atoms with Crippen LogP contribution in [0.5, 0.6) is 5.75 Å². The number of rotatable bonds is 3. The Balaban J connectivity index is 2.29. The molecule has 108 valence electrons. The van der Waals surface area contributed by atoms with Gasteiger partial charge in [-0.15, -0.1) is 0 Å². The molecule has 6 heteroatoms. The number of nitrogens with two attached hydrogens (primary N) is 1. The fraction of sp³-hybridized carbons (Fsp3) is 0.429. The van der Waals surface area contributed by atoms with Crippen molar-refractivity contribution < 1.29 is 14.3 Å². The lowest BCUT2D eigenvalue weighted by atomic mass is 10.1. The number of para-hydroxylation sites is 1. The van der Waals surface area contributed by atoms with Crippen LogP contribution < -0.4 is 10.5 Å². The van der Waals surface area contributed by atoms with Gasteiger partial charge in [-0.05, 0) is 19.2 Å². The lowest BCUT2D eigenvalue weighted by Gasteiger charge is -2.38. The van der Waals surface area contributed by atoms with E-state index in [1.807, 2.05) is 11.9 Å². The van der Waals surface area contributed by atoms with Gasteiger partial charge in [0.15, 0.2) is 0 Å². The fourth-order valence-electron chi connectivity index (χ4n) is 2.38. The van der Waals surface area contributed by atoms with E-state index in [-0.39, 0.29) is 5.91 Å². The Labute approximate surface area is 118 Å². The third-order valence-corrected chi connectivity index (χ3v) is 3.51. The minimum absolute atomic E-state index is 0.223. The van der Waals surface area contributed by atoms with Gasteiger partial charge in [0.25, 0.3) is 5.91 Å². The second-order valence-electron chi connectivity index (χ2n) is 4.88. The van der Waals surface area contributed by atoms with Crippen LogP contribution >= 0.6 is 0 Å². The van der Waals surface area contributed by atoms with Crippen molar-refractivity contribution in [2.75, 3.05) is 33.8 Å². The molecule has 1 unspecified atom stereocenters. The average Bonchev–Trinajstić information content (AvgIpc) is 2.46. The molecule has 2 amide bonds. The van der Waals surface area contributed by atoms with Gasteiger partial charge in [-0.1, -0.05) is 12.1 Å². The van der Waals surface area contributed by atoms with Gasteiger partial charge < -0.3 is 20.3 Å². The summed E-state index contributed by atoms with van der Waals surface area (Å²) in [6.07, 6.45) is 0. The van der Waals surface area contributed by atoms with Crippen molar-refractivity contribution in [2.45, 2.75) is 6.04 Å². The summed E-state index contributed by atoms with van der Waals surface area (Å²) in [5, 5.41) is 0. The number of likely N-dealkylation sites (N-methyl/N-ethyl adjacent to an activating group) is 1. The van der Waals surface area contributed by atoms with Gasteiger partial charge in [-0.2, -0.15) is 0 Å². The monoisotopic (exact) mass is 277 g/mol. The molecule has 1 aliphatic rings. The minimum atomic E-state index is -0.605. The van der Waals surface area contributed by atoms with Gasteiger partial charge in [0, 0.05) is 19.6 Å². The van der Waals surface area contributed by atoms with E-state index in [0.29, 0.717) is 30.9 Å². The predicted octanol–water partition coefficient (Wildman–Crippen LogP) is -0.0633. The van der Waals surface area contributed by atoms with Crippen LogP contribution in [-0.2, 0) is 4.79 Å². The summed E-state index contributed by atoms with van der Waals surface area (Å²) in [5.41, 5.74) is 5.87. The standard InChI is InChI=1S/C14H19N3O3/c1-16-7-8-17(11(9-16)13(15)18)14(19)10-5-3-4-6-12(10)20-2/h3-6,11H,7-9H2,1-2H3,(H2,15,18). The highest BCUT2D eigenvalue weighted by Crippen LogP contribution is 2.21. The summed E-state index contributed by atoms with van der Waals surface area (Å²) in [5.74, 6) is -0.209. The summed E-state index contributed by atoms with van der Waals surface area (Å²) >= 11 is 0. The SMILES string of the molecule is COc1ccccc1C(=O)N1CCN(C)CC1C(N)=O. The van der Waals surface area contributed by atoms with E-state index in [4.69, 9.17) is 10.5 Å². The summed E-state index contributed by atoms with van der Waals surface area (Å²) < 4.78 is 5.20. The number of hydrogen-bond donors (Lipinski definition) is 1. The Kier molecular flexibility index (Phi) is 4.24. The number of carbonyl (C=O) groups is 2. The number of nitrogens with zero attached hydrogens (tertiary/aromatic N) is 2. The maximum Gasteiger partial charge on any atom is 0.258 e. The quantitative estimate of drug-likeness (QED) is 0.839. The van der Waals surface area contributed by atoms with E-state index in [2.05, 4.69) is 0 Å². The number of carbonyl (C=O) groups excluding carboxylic acids is 2. The van der Waals surface area contributed by atoms with Crippen LogP contribution in [0.15, 0.2) is 24.3 Å². The molecule has 2 rings (SSSR count). The first-order valence-corrected chi connectivity index (χ1v) is 6.46. The highest BCUT2D eigenvalue weighted by atomic mass is 16.5. The lowest BCUT2D eigenvalue weighted by Crippen LogP contribution is -2.59. The van der Waals surface area contributed by atoms with E-state index in [1.54, 1.807) is 24.3 Å². The van der Waals surface area contributed by atoms with Crippen LogP contribution in [0.4, 0.5) is 0 Å². The summed E-state index contributed by atoms with van der Waals surface area (Å²) in [4.78, 5) is 27.7. The Hall–Kier alpha value is -2.08. The molecular weight excluding hydrogens is 258 g/mol. The fourth-order valence-corrected chi connectivity index (χ4v) is 2.38. The molecule has 2 N–H and O–H groups in total. The Morgan fingerprint density at radius 2 is 2.00 bits per heavy atom. The van der Waals surface area contributed by atoms with Crippen molar-refractivity contribution in [3.8, 4) is 5.75 Å². The molecule has 1 fully saturated rings. The summed E-state index contributed by atoms with van der Waals surface area (Å²) in [6, 6.07) is 6.38. The first kappa shape index (κ1) is 14.3. The van der Waals surface area contributed by atoms with Crippen LogP contribution in [0, 0.1) is 0 Å². The van der Waals surface area contributed by atoms with Crippen LogP contribution in [-0.4, -0.2) is 61.4 Å². The van der Waals surface area contributed by atoms with Crippen molar-refractivity contribution in [1.82, 2.24) is 9.80 Å². The summed E-state index contributed by atoms with van der Waals surface area (Å²) in [6.45, 7) is 1.64. The zero-order chi connectivity index (χ0) is 14.7. The van der Waals surface area contributed by atoms with Gasteiger partial charge in [0.05, 0.1) is 12.7 Å². The van der Waals surface area contributed by atoms with Crippen LogP contribution in [0.1, 0.15) is 10.4 Å². The second kappa shape index (κ2) is 5.92. The largest absolute Gasteiger partial charge is 0.496 e. The van der Waals surface area contributed by atoms with Crippen molar-refractivity contribution in [3.63, 3.8) is 0 Å². The van der Waals surface area contributed by atoms with Gasteiger partial charge in [-0.25, -0.2) is 0 Å². The van der Waals surface area contributed by atoms with Crippen molar-refractivity contribution in [1.29, 1.82) is 0 Å². The molecule has 0 saturated carbocycles. The molecule has 1 aromatic carbocycles. The number of hydrogen-bond acceptors (Lipinski definition) is 4. The molecule has 1 heterocycles. The molecule has 0 spiro atoms. The molecule has 1 saturated heterocycles. The Bertz CT molecular complexity index is 518. The van der Waals surface area contributed by atoms with Crippen molar-refractivity contribution in [3.05, 3.63) is 29.8 Å². The summed E-state index contributed by atoms with van der Waals surface area (Å²) in [7, 11) is 3.42. The Morgan fingerprint density at radius 1 is 1.30 bits per heavy atom. The van der Waals surface area contributed by atoms with Gasteiger partial charge in [0.2, 0.25) is 5.91 Å². The molecule has 0 bridgehead atoms. The van der Waals surface area contributed by atoms with Crippen LogP contribution in [0.2, 0.25) is 0 Å². The van der Waals surface area contributed by atoms with Crippen LogP contribution in [0.3, 0.4) is 0 Å². The Morgan fingerprint density at radius 3 is 2.65 bits per heavy atom. The molecule has 1 aromatic rings. The molecule has 0 aromatic heterocycles. The molecule has 0 aliphatic carbocycles. The van der Waals surface area contributed by atoms with E-state index in [9.17, 15) is 9.59 Å². The lowest BCUT2D eigenvalue weighted by molar-refractivity contribution is -0.124. The number of primary amides is 1. The highest BCUT2D eigenvalue weighted by Gasteiger charge is 2.34. The number of piperazine rings is 1. The van der Waals surface area contributed by atoms with E-state index >= 15 is 0 Å². The normalized spacial score (nSPS) is 19.7. The van der Waals surface area contributed by atoms with Crippen LogP contribution in [0.25, 0.3) is 0 Å². The van der Waals surface area contributed by atoms with Gasteiger partial charge in [0.1, 0.15) is 11.8 Å². The zero-order valence-corrected chi connectivity index (χ0v) is 11.7. The molecule has 1 aliphatic heterocycles. The average molecular weight is 277 g/mol. The number of methoxy groups -OCH3 is 1. The molecular formula is C14H19N3O3. The van der Waals surface area contributed by atoms with E-state index in [1.165, 1.54) is 12.0 Å².